The third-order valence-electron chi connectivity index (χ3n) is 8.17. The summed E-state index contributed by atoms with van der Waals surface area (Å²) in [6, 6.07) is 22.6. The molecule has 3 aromatic heterocycles. The van der Waals surface area contributed by atoms with E-state index in [1.165, 1.54) is 5.56 Å². The maximum absolute atomic E-state index is 13.7. The minimum Gasteiger partial charge on any atom is -0.322 e. The fourth-order valence-corrected chi connectivity index (χ4v) is 6.04. The zero-order chi connectivity index (χ0) is 28.4. The fraction of sp³-hybridized carbons (Fsp3) is 0.281. The molecule has 0 spiro atoms. The number of nitrogens with one attached hydrogen (secondary N) is 2. The minimum atomic E-state index is -0.342. The van der Waals surface area contributed by atoms with Crippen molar-refractivity contribution in [1.82, 2.24) is 29.5 Å². The molecule has 0 radical (unpaired) electrons. The van der Waals surface area contributed by atoms with E-state index in [0.717, 1.165) is 29.8 Å². The first-order valence-electron chi connectivity index (χ1n) is 13.8. The van der Waals surface area contributed by atoms with Gasteiger partial charge in [0.15, 0.2) is 0 Å². The van der Waals surface area contributed by atoms with E-state index in [0.29, 0.717) is 35.8 Å². The Labute approximate surface area is 238 Å². The zero-order valence-corrected chi connectivity index (χ0v) is 23.2. The van der Waals surface area contributed by atoms with Gasteiger partial charge in [0.1, 0.15) is 17.8 Å². The molecule has 3 heterocycles. The smallest absolute Gasteiger partial charge is 0.259 e. The normalized spacial score (nSPS) is 18.9. The van der Waals surface area contributed by atoms with E-state index in [2.05, 4.69) is 57.0 Å². The molecule has 0 unspecified atom stereocenters. The topological polar surface area (TPSA) is 113 Å². The first-order chi connectivity index (χ1) is 20.0. The summed E-state index contributed by atoms with van der Waals surface area (Å²) in [5, 5.41) is 24.4. The van der Waals surface area contributed by atoms with Crippen LogP contribution in [0.15, 0.2) is 85.6 Å². The number of carbonyl (C=O) groups excluding carboxylic acids is 1. The third kappa shape index (κ3) is 5.10. The number of benzene rings is 2. The van der Waals surface area contributed by atoms with Crippen molar-refractivity contribution in [2.45, 2.75) is 44.2 Å². The molecule has 9 nitrogen and oxygen atoms in total. The summed E-state index contributed by atoms with van der Waals surface area (Å²) in [7, 11) is 1.94. The molecule has 1 amide bonds. The van der Waals surface area contributed by atoms with Crippen molar-refractivity contribution in [2.24, 2.45) is 13.0 Å². The van der Waals surface area contributed by atoms with E-state index in [4.69, 9.17) is 0 Å². The van der Waals surface area contributed by atoms with Gasteiger partial charge in [-0.25, -0.2) is 4.98 Å². The third-order valence-corrected chi connectivity index (χ3v) is 8.17. The molecular formula is C32H32N8O. The summed E-state index contributed by atoms with van der Waals surface area (Å²) in [5.41, 5.74) is 4.71. The number of hydrogen-bond acceptors (Lipinski definition) is 6. The number of hydrogen-bond donors (Lipinski definition) is 2. The van der Waals surface area contributed by atoms with Crippen molar-refractivity contribution in [1.29, 1.82) is 5.26 Å². The van der Waals surface area contributed by atoms with Gasteiger partial charge in [-0.2, -0.15) is 5.26 Å². The highest BCUT2D eigenvalue weighted by Gasteiger charge is 2.49. The van der Waals surface area contributed by atoms with Crippen LogP contribution in [0, 0.1) is 17.2 Å². The van der Waals surface area contributed by atoms with Crippen molar-refractivity contribution in [3.05, 3.63) is 114 Å². The number of pyridine rings is 1. The zero-order valence-electron chi connectivity index (χ0n) is 23.2. The number of aromatic nitrogens is 5. The van der Waals surface area contributed by atoms with Gasteiger partial charge >= 0.3 is 0 Å². The summed E-state index contributed by atoms with van der Waals surface area (Å²) in [5.74, 6) is 0.962. The predicted molar refractivity (Wildman–Crippen MR) is 156 cm³/mol. The molecule has 41 heavy (non-hydrogen) atoms. The molecule has 0 aliphatic heterocycles. The van der Waals surface area contributed by atoms with Crippen LogP contribution in [0.25, 0.3) is 5.65 Å². The fourth-order valence-electron chi connectivity index (χ4n) is 6.04. The van der Waals surface area contributed by atoms with Crippen molar-refractivity contribution in [3.63, 3.8) is 0 Å². The van der Waals surface area contributed by atoms with Gasteiger partial charge < -0.3 is 19.6 Å². The number of rotatable bonds is 9. The molecule has 5 aromatic rings. The largest absolute Gasteiger partial charge is 0.322 e. The summed E-state index contributed by atoms with van der Waals surface area (Å²) in [6.07, 6.45) is 9.42. The predicted octanol–water partition coefficient (Wildman–Crippen LogP) is 5.18. The van der Waals surface area contributed by atoms with Crippen LogP contribution in [0.4, 0.5) is 5.69 Å². The Balaban J connectivity index is 1.24. The van der Waals surface area contributed by atoms with Gasteiger partial charge in [-0.1, -0.05) is 42.5 Å². The van der Waals surface area contributed by atoms with Crippen LogP contribution >= 0.6 is 0 Å². The molecule has 1 fully saturated rings. The molecule has 2 N–H and O–H groups in total. The monoisotopic (exact) mass is 544 g/mol. The number of carbonyl (C=O) groups is 1. The Kier molecular flexibility index (Phi) is 7.08. The van der Waals surface area contributed by atoms with Crippen LogP contribution in [-0.4, -0.2) is 30.1 Å². The number of aryl methyl sites for hydroxylation is 1. The number of nitrogens with zero attached hydrogens (tertiary/aromatic N) is 6. The lowest BCUT2D eigenvalue weighted by Crippen LogP contribution is -2.44. The lowest BCUT2D eigenvalue weighted by molar-refractivity contribution is 0.102. The number of amides is 1. The Morgan fingerprint density at radius 1 is 1.17 bits per heavy atom. The highest BCUT2D eigenvalue weighted by Crippen LogP contribution is 2.53. The maximum atomic E-state index is 13.7. The molecule has 1 atom stereocenters. The highest BCUT2D eigenvalue weighted by molar-refractivity contribution is 6.08. The van der Waals surface area contributed by atoms with E-state index in [1.54, 1.807) is 12.5 Å². The van der Waals surface area contributed by atoms with Gasteiger partial charge in [0.2, 0.25) is 0 Å². The van der Waals surface area contributed by atoms with Crippen molar-refractivity contribution in [2.75, 3.05) is 5.32 Å². The summed E-state index contributed by atoms with van der Waals surface area (Å²) >= 11 is 0. The lowest BCUT2D eigenvalue weighted by Gasteiger charge is -2.46. The molecule has 0 bridgehead atoms. The van der Waals surface area contributed by atoms with E-state index in [1.807, 2.05) is 70.9 Å². The van der Waals surface area contributed by atoms with Gasteiger partial charge in [0.05, 0.1) is 17.0 Å². The molecule has 9 heteroatoms. The average Bonchev–Trinajstić information content (AvgIpc) is 3.62. The van der Waals surface area contributed by atoms with Crippen molar-refractivity contribution < 1.29 is 4.79 Å². The maximum Gasteiger partial charge on any atom is 0.259 e. The standard InChI is InChI=1S/C32H32N8O/c1-22(25-7-4-3-5-8-25)35-19-24-15-28(29-34-13-14-40(29)20-24)30(41)37-27-10-6-9-26(16-27)32(17-23(18-32)11-12-33)31-38-36-21-39(31)2/h3-10,13-16,20-23,35H,11,17-19H2,1-2H3,(H,37,41)/t22-,23?,32?/m0/s1. The van der Waals surface area contributed by atoms with Gasteiger partial charge in [0, 0.05) is 50.3 Å². The van der Waals surface area contributed by atoms with Gasteiger partial charge in [0.25, 0.3) is 5.91 Å². The highest BCUT2D eigenvalue weighted by atomic mass is 16.1. The number of nitriles is 1. The van der Waals surface area contributed by atoms with Crippen LogP contribution < -0.4 is 10.6 Å². The van der Waals surface area contributed by atoms with Crippen LogP contribution in [0.1, 0.15) is 65.1 Å². The first-order valence-corrected chi connectivity index (χ1v) is 13.8. The number of fused-ring (bicyclic) bond motifs is 1. The van der Waals surface area contributed by atoms with Gasteiger partial charge in [-0.05, 0) is 60.6 Å². The Morgan fingerprint density at radius 3 is 2.76 bits per heavy atom. The molecule has 1 saturated carbocycles. The first kappa shape index (κ1) is 26.4. The summed E-state index contributed by atoms with van der Waals surface area (Å²) in [4.78, 5) is 18.1. The molecular weight excluding hydrogens is 512 g/mol. The second kappa shape index (κ2) is 11.0. The average molecular weight is 545 g/mol. The summed E-state index contributed by atoms with van der Waals surface area (Å²) in [6.45, 7) is 2.73. The van der Waals surface area contributed by atoms with E-state index >= 15 is 0 Å². The molecule has 206 valence electrons. The minimum absolute atomic E-state index is 0.162. The van der Waals surface area contributed by atoms with Crippen LogP contribution in [0.5, 0.6) is 0 Å². The SMILES string of the molecule is C[C@H](NCc1cc(C(=O)Nc2cccc(C3(c4nncn4C)CC(CC#N)C3)c2)c2nccn2c1)c1ccccc1. The second-order valence-electron chi connectivity index (χ2n) is 11.0. The van der Waals surface area contributed by atoms with Crippen LogP contribution in [-0.2, 0) is 19.0 Å². The molecule has 1 aliphatic carbocycles. The van der Waals surface area contributed by atoms with Crippen molar-refractivity contribution >= 4 is 17.2 Å². The Bertz CT molecular complexity index is 1730. The van der Waals surface area contributed by atoms with Crippen LogP contribution in [0.3, 0.4) is 0 Å². The number of anilines is 1. The second-order valence-corrected chi connectivity index (χ2v) is 11.0. The van der Waals surface area contributed by atoms with Gasteiger partial charge in [-0.3, -0.25) is 4.79 Å². The van der Waals surface area contributed by atoms with Crippen LogP contribution in [0.2, 0.25) is 0 Å². The van der Waals surface area contributed by atoms with Gasteiger partial charge in [-0.15, -0.1) is 10.2 Å². The molecule has 6 rings (SSSR count). The van der Waals surface area contributed by atoms with E-state index in [-0.39, 0.29) is 17.4 Å². The quantitative estimate of drug-likeness (QED) is 0.265. The van der Waals surface area contributed by atoms with Crippen molar-refractivity contribution in [3.8, 4) is 6.07 Å². The molecule has 0 saturated heterocycles. The lowest BCUT2D eigenvalue weighted by atomic mass is 9.57. The Hall–Kier alpha value is -4.81. The summed E-state index contributed by atoms with van der Waals surface area (Å²) < 4.78 is 3.84. The number of imidazole rings is 1. The van der Waals surface area contributed by atoms with E-state index < -0.39 is 0 Å². The molecule has 2 aromatic carbocycles. The molecule has 1 aliphatic rings. The Morgan fingerprint density at radius 2 is 2.00 bits per heavy atom. The van der Waals surface area contributed by atoms with E-state index in [9.17, 15) is 10.1 Å².